The van der Waals surface area contributed by atoms with Crippen LogP contribution in [0.15, 0.2) is 73.3 Å². The van der Waals surface area contributed by atoms with E-state index < -0.39 is 5.41 Å². The quantitative estimate of drug-likeness (QED) is 0.695. The molecule has 1 fully saturated rings. The molecule has 0 bridgehead atoms. The number of likely N-dealkylation sites (tertiary alicyclic amines) is 1. The van der Waals surface area contributed by atoms with E-state index in [9.17, 15) is 9.59 Å². The van der Waals surface area contributed by atoms with Crippen LogP contribution < -0.4 is 5.32 Å². The molecule has 0 unspecified atom stereocenters. The normalized spacial score (nSPS) is 15.3. The van der Waals surface area contributed by atoms with Crippen molar-refractivity contribution in [3.05, 3.63) is 84.4 Å². The molecule has 0 atom stereocenters. The standard InChI is InChI=1S/C25H26N4O2/c1-26-24(31)25(10-12-29(13-11-25)23(30)20-7-3-2-4-8-20)15-19-6-5-9-21(14-19)22-16-27-18-28-17-22/h2-9,14,16-18H,10-13,15H2,1H3,(H,26,31). The first-order valence-corrected chi connectivity index (χ1v) is 10.5. The largest absolute Gasteiger partial charge is 0.359 e. The molecule has 2 heterocycles. The van der Waals surface area contributed by atoms with Crippen LogP contribution in [0.4, 0.5) is 0 Å². The Labute approximate surface area is 182 Å². The average molecular weight is 415 g/mol. The van der Waals surface area contributed by atoms with Gasteiger partial charge in [0.2, 0.25) is 5.91 Å². The van der Waals surface area contributed by atoms with Gasteiger partial charge in [-0.1, -0.05) is 42.5 Å². The first-order chi connectivity index (χ1) is 15.1. The van der Waals surface area contributed by atoms with Crippen LogP contribution in [0.2, 0.25) is 0 Å². The number of rotatable bonds is 5. The number of carbonyl (C=O) groups excluding carboxylic acids is 2. The molecule has 1 aliphatic heterocycles. The van der Waals surface area contributed by atoms with Crippen molar-refractivity contribution in [1.29, 1.82) is 0 Å². The zero-order valence-electron chi connectivity index (χ0n) is 17.6. The van der Waals surface area contributed by atoms with Crippen molar-refractivity contribution < 1.29 is 9.59 Å². The lowest BCUT2D eigenvalue weighted by atomic mass is 9.72. The molecular weight excluding hydrogens is 388 g/mol. The highest BCUT2D eigenvalue weighted by Gasteiger charge is 2.42. The Bertz CT molecular complexity index is 1050. The van der Waals surface area contributed by atoms with Crippen molar-refractivity contribution in [2.45, 2.75) is 19.3 Å². The highest BCUT2D eigenvalue weighted by molar-refractivity contribution is 5.94. The molecular formula is C25H26N4O2. The monoisotopic (exact) mass is 414 g/mol. The smallest absolute Gasteiger partial charge is 0.253 e. The van der Waals surface area contributed by atoms with Gasteiger partial charge in [0, 0.05) is 43.7 Å². The fourth-order valence-electron chi connectivity index (χ4n) is 4.35. The summed E-state index contributed by atoms with van der Waals surface area (Å²) in [6, 6.07) is 17.5. The Kier molecular flexibility index (Phi) is 6.07. The molecule has 0 radical (unpaired) electrons. The van der Waals surface area contributed by atoms with Crippen LogP contribution in [0.5, 0.6) is 0 Å². The Morgan fingerprint density at radius 2 is 1.68 bits per heavy atom. The van der Waals surface area contributed by atoms with Crippen LogP contribution in [-0.2, 0) is 11.2 Å². The minimum atomic E-state index is -0.534. The maximum atomic E-state index is 13.0. The molecule has 3 aromatic rings. The second-order valence-electron chi connectivity index (χ2n) is 8.02. The zero-order chi connectivity index (χ0) is 21.7. The fraction of sp³-hybridized carbons (Fsp3) is 0.280. The first-order valence-electron chi connectivity index (χ1n) is 10.5. The third-order valence-corrected chi connectivity index (χ3v) is 6.10. The molecule has 1 N–H and O–H groups in total. The van der Waals surface area contributed by atoms with Crippen molar-refractivity contribution in [2.75, 3.05) is 20.1 Å². The lowest BCUT2D eigenvalue weighted by Gasteiger charge is -2.40. The number of aromatic nitrogens is 2. The first kappa shape index (κ1) is 20.7. The van der Waals surface area contributed by atoms with Gasteiger partial charge in [-0.05, 0) is 42.5 Å². The summed E-state index contributed by atoms with van der Waals surface area (Å²) >= 11 is 0. The molecule has 158 valence electrons. The molecule has 0 saturated carbocycles. The van der Waals surface area contributed by atoms with E-state index in [1.807, 2.05) is 47.4 Å². The molecule has 6 nitrogen and oxygen atoms in total. The second-order valence-corrected chi connectivity index (χ2v) is 8.02. The minimum absolute atomic E-state index is 0.0252. The predicted molar refractivity (Wildman–Crippen MR) is 119 cm³/mol. The van der Waals surface area contributed by atoms with Gasteiger partial charge < -0.3 is 10.2 Å². The van der Waals surface area contributed by atoms with Gasteiger partial charge in [-0.2, -0.15) is 0 Å². The molecule has 6 heteroatoms. The van der Waals surface area contributed by atoms with E-state index in [0.29, 0.717) is 37.9 Å². The van der Waals surface area contributed by atoms with Crippen LogP contribution in [0, 0.1) is 5.41 Å². The van der Waals surface area contributed by atoms with Crippen molar-refractivity contribution in [2.24, 2.45) is 5.41 Å². The van der Waals surface area contributed by atoms with Crippen molar-refractivity contribution in [1.82, 2.24) is 20.2 Å². The Morgan fingerprint density at radius 1 is 0.968 bits per heavy atom. The summed E-state index contributed by atoms with van der Waals surface area (Å²) in [6.07, 6.45) is 6.97. The van der Waals surface area contributed by atoms with Gasteiger partial charge in [0.25, 0.3) is 5.91 Å². The van der Waals surface area contributed by atoms with Crippen LogP contribution >= 0.6 is 0 Å². The van der Waals surface area contributed by atoms with Crippen molar-refractivity contribution >= 4 is 11.8 Å². The number of hydrogen-bond donors (Lipinski definition) is 1. The number of piperidine rings is 1. The molecule has 4 rings (SSSR count). The number of amides is 2. The third kappa shape index (κ3) is 4.48. The Morgan fingerprint density at radius 3 is 2.35 bits per heavy atom. The van der Waals surface area contributed by atoms with Gasteiger partial charge in [-0.15, -0.1) is 0 Å². The van der Waals surface area contributed by atoms with E-state index in [4.69, 9.17) is 0 Å². The zero-order valence-corrected chi connectivity index (χ0v) is 17.6. The van der Waals surface area contributed by atoms with Gasteiger partial charge in [0.1, 0.15) is 6.33 Å². The van der Waals surface area contributed by atoms with Gasteiger partial charge in [-0.25, -0.2) is 9.97 Å². The van der Waals surface area contributed by atoms with Crippen LogP contribution in [0.3, 0.4) is 0 Å². The highest BCUT2D eigenvalue weighted by atomic mass is 16.2. The molecule has 0 aliphatic carbocycles. The summed E-state index contributed by atoms with van der Waals surface area (Å²) in [4.78, 5) is 35.8. The Balaban J connectivity index is 1.53. The van der Waals surface area contributed by atoms with E-state index in [1.165, 1.54) is 6.33 Å². The lowest BCUT2D eigenvalue weighted by molar-refractivity contribution is -0.133. The number of nitrogens with zero attached hydrogens (tertiary/aromatic N) is 3. The van der Waals surface area contributed by atoms with Gasteiger partial charge in [-0.3, -0.25) is 9.59 Å². The van der Waals surface area contributed by atoms with E-state index in [2.05, 4.69) is 27.4 Å². The van der Waals surface area contributed by atoms with Crippen LogP contribution in [0.25, 0.3) is 11.1 Å². The molecule has 1 saturated heterocycles. The molecule has 31 heavy (non-hydrogen) atoms. The average Bonchev–Trinajstić information content (AvgIpc) is 2.85. The molecule has 2 amide bonds. The number of nitrogens with one attached hydrogen (secondary N) is 1. The van der Waals surface area contributed by atoms with Crippen LogP contribution in [-0.4, -0.2) is 46.8 Å². The van der Waals surface area contributed by atoms with E-state index in [0.717, 1.165) is 16.7 Å². The SMILES string of the molecule is CNC(=O)C1(Cc2cccc(-c3cncnc3)c2)CCN(C(=O)c2ccccc2)CC1. The van der Waals surface area contributed by atoms with E-state index >= 15 is 0 Å². The predicted octanol–water partition coefficient (Wildman–Crippen LogP) is 3.35. The minimum Gasteiger partial charge on any atom is -0.359 e. The molecule has 0 spiro atoms. The number of benzene rings is 2. The third-order valence-electron chi connectivity index (χ3n) is 6.10. The van der Waals surface area contributed by atoms with Gasteiger partial charge in [0.05, 0.1) is 5.41 Å². The number of carbonyl (C=O) groups is 2. The van der Waals surface area contributed by atoms with Crippen molar-refractivity contribution in [3.8, 4) is 11.1 Å². The summed E-state index contributed by atoms with van der Waals surface area (Å²) in [5, 5.41) is 2.86. The lowest BCUT2D eigenvalue weighted by Crippen LogP contribution is -2.50. The van der Waals surface area contributed by atoms with E-state index in [1.54, 1.807) is 19.4 Å². The second kappa shape index (κ2) is 9.08. The summed E-state index contributed by atoms with van der Waals surface area (Å²) in [5.41, 5.74) is 3.22. The summed E-state index contributed by atoms with van der Waals surface area (Å²) in [7, 11) is 1.68. The van der Waals surface area contributed by atoms with Crippen LogP contribution in [0.1, 0.15) is 28.8 Å². The fourth-order valence-corrected chi connectivity index (χ4v) is 4.35. The van der Waals surface area contributed by atoms with E-state index in [-0.39, 0.29) is 11.8 Å². The maximum absolute atomic E-state index is 13.0. The molecule has 1 aliphatic rings. The van der Waals surface area contributed by atoms with Gasteiger partial charge in [0.15, 0.2) is 0 Å². The highest BCUT2D eigenvalue weighted by Crippen LogP contribution is 2.36. The molecule has 1 aromatic heterocycles. The number of hydrogen-bond acceptors (Lipinski definition) is 4. The molecule has 2 aromatic carbocycles. The topological polar surface area (TPSA) is 75.2 Å². The summed E-state index contributed by atoms with van der Waals surface area (Å²) in [6.45, 7) is 1.13. The van der Waals surface area contributed by atoms with Crippen molar-refractivity contribution in [3.63, 3.8) is 0 Å². The Hall–Kier alpha value is -3.54. The summed E-state index contributed by atoms with van der Waals surface area (Å²) < 4.78 is 0. The summed E-state index contributed by atoms with van der Waals surface area (Å²) in [5.74, 6) is 0.0601. The maximum Gasteiger partial charge on any atom is 0.253 e. The van der Waals surface area contributed by atoms with Gasteiger partial charge >= 0.3 is 0 Å².